The molecule has 0 spiro atoms. The van der Waals surface area contributed by atoms with Gasteiger partial charge in [-0.25, -0.2) is 0 Å². The summed E-state index contributed by atoms with van der Waals surface area (Å²) >= 11 is 10.4. The molecule has 9 heavy (non-hydrogen) atoms. The van der Waals surface area contributed by atoms with Crippen LogP contribution >= 0.6 is 47.8 Å². The average Bonchev–Trinajstić information content (AvgIpc) is 1.83. The van der Waals surface area contributed by atoms with Gasteiger partial charge in [0.25, 0.3) is 0 Å². The van der Waals surface area contributed by atoms with E-state index in [1.807, 2.05) is 0 Å². The molecule has 0 nitrogen and oxygen atoms in total. The summed E-state index contributed by atoms with van der Waals surface area (Å²) in [6, 6.07) is 0. The lowest BCUT2D eigenvalue weighted by atomic mass is 10.2. The summed E-state index contributed by atoms with van der Waals surface area (Å²) in [5, 5.41) is 1.05. The molecular formula is C6H11Br3. The number of hydrogen-bond donors (Lipinski definition) is 0. The van der Waals surface area contributed by atoms with Crippen molar-refractivity contribution < 1.29 is 0 Å². The molecule has 0 heterocycles. The zero-order valence-electron chi connectivity index (χ0n) is 5.41. The van der Waals surface area contributed by atoms with Gasteiger partial charge in [-0.2, -0.15) is 0 Å². The molecule has 0 bridgehead atoms. The first-order valence-electron chi connectivity index (χ1n) is 3.01. The van der Waals surface area contributed by atoms with Gasteiger partial charge in [0.15, 0.2) is 0 Å². The van der Waals surface area contributed by atoms with E-state index in [1.165, 1.54) is 12.8 Å². The monoisotopic (exact) mass is 320 g/mol. The molecule has 2 atom stereocenters. The molecule has 0 rings (SSSR count). The number of rotatable bonds is 4. The van der Waals surface area contributed by atoms with Gasteiger partial charge in [0.1, 0.15) is 0 Å². The Morgan fingerprint density at radius 1 is 1.22 bits per heavy atom. The zero-order valence-corrected chi connectivity index (χ0v) is 10.2. The highest BCUT2D eigenvalue weighted by Crippen LogP contribution is 2.15. The third kappa shape index (κ3) is 7.34. The third-order valence-corrected chi connectivity index (χ3v) is 3.93. The van der Waals surface area contributed by atoms with Crippen LogP contribution in [0.25, 0.3) is 0 Å². The van der Waals surface area contributed by atoms with Crippen LogP contribution in [0.4, 0.5) is 0 Å². The topological polar surface area (TPSA) is 0 Å². The Morgan fingerprint density at radius 2 is 1.78 bits per heavy atom. The molecule has 0 fully saturated rings. The van der Waals surface area contributed by atoms with Crippen molar-refractivity contribution in [2.45, 2.75) is 29.4 Å². The van der Waals surface area contributed by atoms with Gasteiger partial charge in [0.2, 0.25) is 0 Å². The maximum atomic E-state index is 3.54. The van der Waals surface area contributed by atoms with Crippen LogP contribution in [0.5, 0.6) is 0 Å². The summed E-state index contributed by atoms with van der Waals surface area (Å²) in [5.74, 6) is 0. The van der Waals surface area contributed by atoms with Crippen molar-refractivity contribution in [1.29, 1.82) is 0 Å². The first-order valence-corrected chi connectivity index (χ1v) is 5.96. The summed E-state index contributed by atoms with van der Waals surface area (Å²) in [7, 11) is 0. The Labute approximate surface area is 82.2 Å². The third-order valence-electron chi connectivity index (χ3n) is 1.05. The van der Waals surface area contributed by atoms with Gasteiger partial charge >= 0.3 is 0 Å². The number of alkyl halides is 3. The van der Waals surface area contributed by atoms with Gasteiger partial charge in [-0.3, -0.25) is 0 Å². The first kappa shape index (κ1) is 10.4. The van der Waals surface area contributed by atoms with Crippen LogP contribution < -0.4 is 0 Å². The maximum Gasteiger partial charge on any atom is 0.0243 e. The van der Waals surface area contributed by atoms with Crippen molar-refractivity contribution in [2.24, 2.45) is 0 Å². The van der Waals surface area contributed by atoms with Crippen molar-refractivity contribution in [3.8, 4) is 0 Å². The van der Waals surface area contributed by atoms with Crippen LogP contribution in [-0.4, -0.2) is 15.0 Å². The number of hydrogen-bond acceptors (Lipinski definition) is 0. The summed E-state index contributed by atoms with van der Waals surface area (Å²) in [6.45, 7) is 2.17. The van der Waals surface area contributed by atoms with Gasteiger partial charge in [0.05, 0.1) is 0 Å². The van der Waals surface area contributed by atoms with E-state index in [2.05, 4.69) is 54.7 Å². The highest BCUT2D eigenvalue weighted by molar-refractivity contribution is 9.12. The van der Waals surface area contributed by atoms with Crippen molar-refractivity contribution in [3.05, 3.63) is 0 Å². The molecule has 0 aromatic heterocycles. The standard InChI is InChI=1S/C6H11Br3/c1-5(8)2-3-6(9)4-7/h5-6H,2-4H2,1H3. The molecular weight excluding hydrogens is 312 g/mol. The Bertz CT molecular complexity index is 63.3. The van der Waals surface area contributed by atoms with E-state index in [-0.39, 0.29) is 0 Å². The second-order valence-corrected chi connectivity index (χ2v) is 5.62. The number of halogens is 3. The van der Waals surface area contributed by atoms with E-state index in [4.69, 9.17) is 0 Å². The van der Waals surface area contributed by atoms with E-state index in [0.717, 1.165) is 5.33 Å². The van der Waals surface area contributed by atoms with Crippen LogP contribution in [0, 0.1) is 0 Å². The van der Waals surface area contributed by atoms with Crippen LogP contribution in [0.3, 0.4) is 0 Å². The molecule has 0 saturated carbocycles. The van der Waals surface area contributed by atoms with Crippen LogP contribution in [0.2, 0.25) is 0 Å². The lowest BCUT2D eigenvalue weighted by Gasteiger charge is -2.05. The van der Waals surface area contributed by atoms with Crippen molar-refractivity contribution >= 4 is 47.8 Å². The predicted octanol–water partition coefficient (Wildman–Crippen LogP) is 3.71. The summed E-state index contributed by atoms with van der Waals surface area (Å²) in [5.41, 5.74) is 0. The van der Waals surface area contributed by atoms with E-state index >= 15 is 0 Å². The van der Waals surface area contributed by atoms with E-state index in [9.17, 15) is 0 Å². The van der Waals surface area contributed by atoms with Gasteiger partial charge in [-0.1, -0.05) is 54.7 Å². The molecule has 0 radical (unpaired) electrons. The quantitative estimate of drug-likeness (QED) is 0.692. The van der Waals surface area contributed by atoms with Gasteiger partial charge in [-0.05, 0) is 12.8 Å². The van der Waals surface area contributed by atoms with Crippen molar-refractivity contribution in [2.75, 3.05) is 5.33 Å². The van der Waals surface area contributed by atoms with Crippen LogP contribution in [-0.2, 0) is 0 Å². The fourth-order valence-corrected chi connectivity index (χ4v) is 1.34. The normalized spacial score (nSPS) is 17.3. The first-order chi connectivity index (χ1) is 4.16. The molecule has 0 aliphatic carbocycles. The minimum absolute atomic E-state index is 0.637. The van der Waals surface area contributed by atoms with E-state index in [1.54, 1.807) is 0 Å². The van der Waals surface area contributed by atoms with E-state index < -0.39 is 0 Å². The lowest BCUT2D eigenvalue weighted by molar-refractivity contribution is 0.744. The van der Waals surface area contributed by atoms with Gasteiger partial charge in [-0.15, -0.1) is 0 Å². The predicted molar refractivity (Wildman–Crippen MR) is 54.1 cm³/mol. The Morgan fingerprint density at radius 3 is 2.11 bits per heavy atom. The summed E-state index contributed by atoms with van der Waals surface area (Å²) in [6.07, 6.45) is 2.47. The smallest absolute Gasteiger partial charge is 0.0243 e. The van der Waals surface area contributed by atoms with Crippen molar-refractivity contribution in [1.82, 2.24) is 0 Å². The summed E-state index contributed by atoms with van der Waals surface area (Å²) in [4.78, 5) is 1.29. The highest BCUT2D eigenvalue weighted by Gasteiger charge is 2.02. The molecule has 3 heteroatoms. The highest BCUT2D eigenvalue weighted by atomic mass is 79.9. The minimum atomic E-state index is 0.637. The Kier molecular flexibility index (Phi) is 7.16. The van der Waals surface area contributed by atoms with Crippen LogP contribution in [0.1, 0.15) is 19.8 Å². The molecule has 0 amide bonds. The molecule has 0 aliphatic rings. The average molecular weight is 323 g/mol. The molecule has 0 aromatic carbocycles. The lowest BCUT2D eigenvalue weighted by Crippen LogP contribution is -2.01. The van der Waals surface area contributed by atoms with E-state index in [0.29, 0.717) is 9.65 Å². The Balaban J connectivity index is 3.06. The van der Waals surface area contributed by atoms with Gasteiger partial charge in [0, 0.05) is 15.0 Å². The zero-order chi connectivity index (χ0) is 7.28. The van der Waals surface area contributed by atoms with Gasteiger partial charge < -0.3 is 0 Å². The maximum absolute atomic E-state index is 3.54. The molecule has 0 saturated heterocycles. The fourth-order valence-electron chi connectivity index (χ4n) is 0.488. The molecule has 56 valence electrons. The second-order valence-electron chi connectivity index (χ2n) is 2.11. The molecule has 0 aliphatic heterocycles. The molecule has 0 aromatic rings. The fraction of sp³-hybridized carbons (Fsp3) is 1.00. The van der Waals surface area contributed by atoms with Crippen LogP contribution in [0.15, 0.2) is 0 Å². The summed E-state index contributed by atoms with van der Waals surface area (Å²) < 4.78 is 0. The van der Waals surface area contributed by atoms with Crippen molar-refractivity contribution in [3.63, 3.8) is 0 Å². The second kappa shape index (κ2) is 6.17. The Hall–Kier alpha value is 1.44. The SMILES string of the molecule is CC(Br)CCC(Br)CBr. The minimum Gasteiger partial charge on any atom is -0.0916 e. The molecule has 2 unspecified atom stereocenters. The largest absolute Gasteiger partial charge is 0.0916 e. The molecule has 0 N–H and O–H groups in total.